The van der Waals surface area contributed by atoms with Gasteiger partial charge in [-0.1, -0.05) is 0 Å². The number of hydrogen-bond acceptors (Lipinski definition) is 3. The van der Waals surface area contributed by atoms with Gasteiger partial charge in [0.25, 0.3) is 0 Å². The maximum atomic E-state index is 11.4. The summed E-state index contributed by atoms with van der Waals surface area (Å²) in [6.45, 7) is 0. The number of nitrogens with one attached hydrogen (secondary N) is 1. The summed E-state index contributed by atoms with van der Waals surface area (Å²) in [7, 11) is 0. The first kappa shape index (κ1) is 7.50. The average Bonchev–Trinajstić information content (AvgIpc) is 2.64. The van der Waals surface area contributed by atoms with Gasteiger partial charge in [-0.2, -0.15) is 0 Å². The standard InChI is InChI=1S/C9H11NO3/c11-5-2-3-1-4(5)7-6(3)8(12)10-9(7)13/h3-7,11H,1-2H2,(H,10,12,13). The van der Waals surface area contributed by atoms with Crippen molar-refractivity contribution in [2.45, 2.75) is 18.9 Å². The smallest absolute Gasteiger partial charge is 0.230 e. The van der Waals surface area contributed by atoms with Crippen LogP contribution in [0.15, 0.2) is 0 Å². The Morgan fingerprint density at radius 3 is 2.62 bits per heavy atom. The topological polar surface area (TPSA) is 66.4 Å². The fourth-order valence-corrected chi connectivity index (χ4v) is 3.35. The van der Waals surface area contributed by atoms with Crippen LogP contribution in [0, 0.1) is 23.7 Å². The Morgan fingerprint density at radius 2 is 1.85 bits per heavy atom. The third-order valence-corrected chi connectivity index (χ3v) is 3.82. The Labute approximate surface area is 75.3 Å². The predicted molar refractivity (Wildman–Crippen MR) is 42.4 cm³/mol. The fraction of sp³-hybridized carbons (Fsp3) is 0.778. The summed E-state index contributed by atoms with van der Waals surface area (Å²) in [6, 6.07) is 0. The van der Waals surface area contributed by atoms with Crippen molar-refractivity contribution in [1.29, 1.82) is 0 Å². The number of amides is 2. The first-order valence-corrected chi connectivity index (χ1v) is 4.71. The van der Waals surface area contributed by atoms with Gasteiger partial charge in [-0.15, -0.1) is 0 Å². The molecule has 2 amide bonds. The molecule has 4 nitrogen and oxygen atoms in total. The van der Waals surface area contributed by atoms with Crippen molar-refractivity contribution in [3.8, 4) is 0 Å². The molecule has 13 heavy (non-hydrogen) atoms. The van der Waals surface area contributed by atoms with Crippen LogP contribution in [-0.4, -0.2) is 23.0 Å². The predicted octanol–water partition coefficient (Wildman–Crippen LogP) is -0.724. The largest absolute Gasteiger partial charge is 0.393 e. The minimum atomic E-state index is -0.358. The molecule has 3 rings (SSSR count). The Hall–Kier alpha value is -0.900. The molecular weight excluding hydrogens is 170 g/mol. The van der Waals surface area contributed by atoms with Gasteiger partial charge in [0, 0.05) is 0 Å². The van der Waals surface area contributed by atoms with Gasteiger partial charge in [-0.25, -0.2) is 0 Å². The summed E-state index contributed by atoms with van der Waals surface area (Å²) < 4.78 is 0. The molecule has 3 aliphatic rings. The van der Waals surface area contributed by atoms with Crippen molar-refractivity contribution >= 4 is 11.8 Å². The van der Waals surface area contributed by atoms with E-state index in [1.807, 2.05) is 0 Å². The van der Waals surface area contributed by atoms with Crippen LogP contribution in [0.5, 0.6) is 0 Å². The Balaban J connectivity index is 2.00. The fourth-order valence-electron chi connectivity index (χ4n) is 3.35. The highest BCUT2D eigenvalue weighted by atomic mass is 16.3. The van der Waals surface area contributed by atoms with Gasteiger partial charge >= 0.3 is 0 Å². The van der Waals surface area contributed by atoms with Crippen LogP contribution < -0.4 is 5.32 Å². The monoisotopic (exact) mass is 181 g/mol. The molecule has 1 heterocycles. The number of fused-ring (bicyclic) bond motifs is 5. The Kier molecular flexibility index (Phi) is 1.22. The van der Waals surface area contributed by atoms with Gasteiger partial charge in [0.15, 0.2) is 0 Å². The molecule has 2 bridgehead atoms. The summed E-state index contributed by atoms with van der Waals surface area (Å²) in [5.74, 6) is -0.337. The normalized spacial score (nSPS) is 52.5. The highest BCUT2D eigenvalue weighted by Crippen LogP contribution is 2.54. The van der Waals surface area contributed by atoms with Crippen molar-refractivity contribution in [2.75, 3.05) is 0 Å². The van der Waals surface area contributed by atoms with Crippen LogP contribution in [0.3, 0.4) is 0 Å². The second kappa shape index (κ2) is 2.12. The molecular formula is C9H11NO3. The molecule has 0 aromatic heterocycles. The Morgan fingerprint density at radius 1 is 1.15 bits per heavy atom. The van der Waals surface area contributed by atoms with Crippen molar-refractivity contribution < 1.29 is 14.7 Å². The maximum absolute atomic E-state index is 11.4. The molecule has 0 aromatic rings. The zero-order chi connectivity index (χ0) is 9.16. The third kappa shape index (κ3) is 0.746. The Bertz CT molecular complexity index is 301. The lowest BCUT2D eigenvalue weighted by molar-refractivity contribution is -0.127. The van der Waals surface area contributed by atoms with Crippen molar-refractivity contribution in [1.82, 2.24) is 5.32 Å². The van der Waals surface area contributed by atoms with E-state index in [0.717, 1.165) is 6.42 Å². The summed E-state index contributed by atoms with van der Waals surface area (Å²) in [4.78, 5) is 22.7. The van der Waals surface area contributed by atoms with Gasteiger partial charge in [0.1, 0.15) is 0 Å². The van der Waals surface area contributed by atoms with Crippen LogP contribution in [0.1, 0.15) is 12.8 Å². The first-order chi connectivity index (χ1) is 6.18. The molecule has 70 valence electrons. The number of hydrogen-bond donors (Lipinski definition) is 2. The molecule has 3 fully saturated rings. The van der Waals surface area contributed by atoms with E-state index in [2.05, 4.69) is 5.32 Å². The van der Waals surface area contributed by atoms with Gasteiger partial charge in [0.2, 0.25) is 11.8 Å². The molecule has 1 saturated heterocycles. The number of aliphatic hydroxyl groups is 1. The van der Waals surface area contributed by atoms with E-state index < -0.39 is 0 Å². The lowest BCUT2D eigenvalue weighted by atomic mass is 9.80. The number of carbonyl (C=O) groups excluding carboxylic acids is 2. The van der Waals surface area contributed by atoms with Crippen molar-refractivity contribution in [3.63, 3.8) is 0 Å². The van der Waals surface area contributed by atoms with Gasteiger partial charge in [0.05, 0.1) is 17.9 Å². The van der Waals surface area contributed by atoms with Crippen molar-refractivity contribution in [3.05, 3.63) is 0 Å². The number of aliphatic hydroxyl groups excluding tert-OH is 1. The molecule has 0 aromatic carbocycles. The SMILES string of the molecule is O=C1NC(=O)C2C3CC(CC3O)C12. The average molecular weight is 181 g/mol. The summed E-state index contributed by atoms with van der Waals surface area (Å²) >= 11 is 0. The van der Waals surface area contributed by atoms with E-state index in [4.69, 9.17) is 0 Å². The summed E-state index contributed by atoms with van der Waals surface area (Å²) in [6.07, 6.45) is 1.20. The molecule has 2 aliphatic carbocycles. The highest BCUT2D eigenvalue weighted by Gasteiger charge is 2.60. The molecule has 0 radical (unpaired) electrons. The van der Waals surface area contributed by atoms with Crippen LogP contribution in [0.2, 0.25) is 0 Å². The molecule has 5 unspecified atom stereocenters. The van der Waals surface area contributed by atoms with E-state index in [1.165, 1.54) is 0 Å². The minimum absolute atomic E-state index is 0.0430. The van der Waals surface area contributed by atoms with Crippen LogP contribution in [-0.2, 0) is 9.59 Å². The molecule has 4 heteroatoms. The minimum Gasteiger partial charge on any atom is -0.393 e. The second-order valence-electron chi connectivity index (χ2n) is 4.37. The third-order valence-electron chi connectivity index (χ3n) is 3.82. The van der Waals surface area contributed by atoms with Gasteiger partial charge in [-0.3, -0.25) is 14.9 Å². The maximum Gasteiger partial charge on any atom is 0.230 e. The van der Waals surface area contributed by atoms with Crippen molar-refractivity contribution in [2.24, 2.45) is 23.7 Å². The quantitative estimate of drug-likeness (QED) is 0.484. The summed E-state index contributed by atoms with van der Waals surface area (Å²) in [5, 5.41) is 11.9. The zero-order valence-electron chi connectivity index (χ0n) is 7.06. The van der Waals surface area contributed by atoms with E-state index in [1.54, 1.807) is 0 Å². The number of imide groups is 1. The number of rotatable bonds is 0. The highest BCUT2D eigenvalue weighted by molar-refractivity contribution is 6.06. The van der Waals surface area contributed by atoms with E-state index in [9.17, 15) is 14.7 Å². The van der Waals surface area contributed by atoms with Gasteiger partial charge < -0.3 is 5.11 Å². The molecule has 2 saturated carbocycles. The van der Waals surface area contributed by atoms with E-state index >= 15 is 0 Å². The summed E-state index contributed by atoms with van der Waals surface area (Å²) in [5.41, 5.74) is 0. The van der Waals surface area contributed by atoms with Crippen LogP contribution in [0.25, 0.3) is 0 Å². The number of carbonyl (C=O) groups is 2. The zero-order valence-corrected chi connectivity index (χ0v) is 7.06. The lowest BCUT2D eigenvalue weighted by Gasteiger charge is -2.24. The second-order valence-corrected chi connectivity index (χ2v) is 4.37. The van der Waals surface area contributed by atoms with Crippen LogP contribution >= 0.6 is 0 Å². The molecule has 1 aliphatic heterocycles. The molecule has 2 N–H and O–H groups in total. The first-order valence-electron chi connectivity index (χ1n) is 4.71. The molecule has 5 atom stereocenters. The molecule has 0 spiro atoms. The lowest BCUT2D eigenvalue weighted by Crippen LogP contribution is -2.33. The van der Waals surface area contributed by atoms with E-state index in [-0.39, 0.29) is 41.6 Å². The van der Waals surface area contributed by atoms with E-state index in [0.29, 0.717) is 6.42 Å². The van der Waals surface area contributed by atoms with Gasteiger partial charge in [-0.05, 0) is 24.7 Å². The van der Waals surface area contributed by atoms with Crippen LogP contribution in [0.4, 0.5) is 0 Å².